The molecular formula is C10H11F2N3O4. The predicted molar refractivity (Wildman–Crippen MR) is 61.5 cm³/mol. The van der Waals surface area contributed by atoms with Crippen LogP contribution in [0.1, 0.15) is 0 Å². The van der Waals surface area contributed by atoms with Crippen LogP contribution < -0.4 is 11.1 Å². The van der Waals surface area contributed by atoms with E-state index < -0.39 is 39.9 Å². The Labute approximate surface area is 106 Å². The summed E-state index contributed by atoms with van der Waals surface area (Å²) < 4.78 is 30.9. The summed E-state index contributed by atoms with van der Waals surface area (Å²) in [6.07, 6.45) is 0. The predicted octanol–water partition coefficient (Wildman–Crippen LogP) is 0.785. The summed E-state index contributed by atoms with van der Waals surface area (Å²) in [5, 5.41) is 12.6. The fraction of sp³-hybridized carbons (Fsp3) is 0.300. The molecule has 1 unspecified atom stereocenters. The molecule has 0 aliphatic heterocycles. The zero-order valence-electron chi connectivity index (χ0n) is 9.85. The molecule has 0 bridgehead atoms. The van der Waals surface area contributed by atoms with Crippen molar-refractivity contribution in [2.24, 2.45) is 5.73 Å². The Morgan fingerprint density at radius 3 is 2.74 bits per heavy atom. The van der Waals surface area contributed by atoms with Crippen molar-refractivity contribution in [1.29, 1.82) is 0 Å². The second-order valence-corrected chi connectivity index (χ2v) is 3.59. The minimum Gasteiger partial charge on any atom is -0.383 e. The normalized spacial score (nSPS) is 12.0. The van der Waals surface area contributed by atoms with E-state index in [2.05, 4.69) is 4.74 Å². The lowest BCUT2D eigenvalue weighted by Gasteiger charge is -2.12. The van der Waals surface area contributed by atoms with E-state index in [4.69, 9.17) is 5.73 Å². The van der Waals surface area contributed by atoms with E-state index in [1.807, 2.05) is 5.32 Å². The average molecular weight is 275 g/mol. The Hall–Kier alpha value is -2.13. The number of amides is 1. The molecule has 3 N–H and O–H groups in total. The van der Waals surface area contributed by atoms with Crippen molar-refractivity contribution >= 4 is 17.3 Å². The van der Waals surface area contributed by atoms with Gasteiger partial charge in [0.25, 0.3) is 5.69 Å². The van der Waals surface area contributed by atoms with E-state index in [1.165, 1.54) is 7.11 Å². The number of halogens is 2. The number of hydrogen-bond donors (Lipinski definition) is 2. The zero-order chi connectivity index (χ0) is 14.6. The molecule has 1 aromatic rings. The van der Waals surface area contributed by atoms with E-state index in [0.29, 0.717) is 12.1 Å². The van der Waals surface area contributed by atoms with Gasteiger partial charge in [-0.2, -0.15) is 0 Å². The largest absolute Gasteiger partial charge is 0.383 e. The maximum atomic E-state index is 13.4. The molecule has 0 saturated heterocycles. The summed E-state index contributed by atoms with van der Waals surface area (Å²) in [5.74, 6) is -3.26. The highest BCUT2D eigenvalue weighted by Crippen LogP contribution is 2.28. The van der Waals surface area contributed by atoms with E-state index in [-0.39, 0.29) is 6.61 Å². The van der Waals surface area contributed by atoms with Crippen molar-refractivity contribution in [3.8, 4) is 0 Å². The number of nitrogens with two attached hydrogens (primary N) is 1. The number of carbonyl (C=O) groups is 1. The second-order valence-electron chi connectivity index (χ2n) is 3.59. The van der Waals surface area contributed by atoms with Crippen LogP contribution in [0.4, 0.5) is 20.2 Å². The molecule has 0 fully saturated rings. The Kier molecular flexibility index (Phi) is 4.84. The molecule has 1 amide bonds. The lowest BCUT2D eigenvalue weighted by atomic mass is 10.2. The van der Waals surface area contributed by atoms with Gasteiger partial charge in [0.2, 0.25) is 5.91 Å². The molecule has 7 nitrogen and oxygen atoms in total. The Morgan fingerprint density at radius 2 is 2.21 bits per heavy atom. The van der Waals surface area contributed by atoms with Gasteiger partial charge >= 0.3 is 0 Å². The zero-order valence-corrected chi connectivity index (χ0v) is 9.85. The molecule has 0 heterocycles. The quantitative estimate of drug-likeness (QED) is 0.610. The van der Waals surface area contributed by atoms with Crippen LogP contribution in [0.2, 0.25) is 0 Å². The van der Waals surface area contributed by atoms with Gasteiger partial charge in [0.05, 0.1) is 17.6 Å². The van der Waals surface area contributed by atoms with Crippen LogP contribution in [0.3, 0.4) is 0 Å². The molecule has 0 aliphatic carbocycles. The fourth-order valence-corrected chi connectivity index (χ4v) is 1.30. The van der Waals surface area contributed by atoms with Gasteiger partial charge in [-0.25, -0.2) is 8.78 Å². The molecule has 0 spiro atoms. The number of methoxy groups -OCH3 is 1. The third kappa shape index (κ3) is 3.66. The van der Waals surface area contributed by atoms with Gasteiger partial charge in [0.15, 0.2) is 11.5 Å². The second kappa shape index (κ2) is 6.16. The van der Waals surface area contributed by atoms with Crippen molar-refractivity contribution in [2.45, 2.75) is 6.04 Å². The lowest BCUT2D eigenvalue weighted by Crippen LogP contribution is -2.39. The molecule has 0 aliphatic rings. The van der Waals surface area contributed by atoms with E-state index >= 15 is 0 Å². The van der Waals surface area contributed by atoms with Crippen LogP contribution in [-0.4, -0.2) is 30.6 Å². The van der Waals surface area contributed by atoms with Gasteiger partial charge in [-0.3, -0.25) is 14.9 Å². The van der Waals surface area contributed by atoms with E-state index in [9.17, 15) is 23.7 Å². The van der Waals surface area contributed by atoms with E-state index in [1.54, 1.807) is 0 Å². The number of carbonyl (C=O) groups excluding carboxylic acids is 1. The molecule has 1 rings (SSSR count). The summed E-state index contributed by atoms with van der Waals surface area (Å²) >= 11 is 0. The SMILES string of the molecule is COCC(N)C(=O)Nc1c(F)cc(F)cc1[N+](=O)[O-]. The maximum absolute atomic E-state index is 13.4. The van der Waals surface area contributed by atoms with Crippen LogP contribution in [0, 0.1) is 21.7 Å². The van der Waals surface area contributed by atoms with Crippen LogP contribution in [0.25, 0.3) is 0 Å². The van der Waals surface area contributed by atoms with Crippen LogP contribution in [0.5, 0.6) is 0 Å². The number of nitrogens with one attached hydrogen (secondary N) is 1. The first kappa shape index (κ1) is 14.9. The van der Waals surface area contributed by atoms with Gasteiger partial charge in [-0.15, -0.1) is 0 Å². The number of benzene rings is 1. The average Bonchev–Trinajstić information content (AvgIpc) is 2.32. The first-order chi connectivity index (χ1) is 8.86. The first-order valence-electron chi connectivity index (χ1n) is 5.05. The topological polar surface area (TPSA) is 107 Å². The third-order valence-electron chi connectivity index (χ3n) is 2.16. The summed E-state index contributed by atoms with van der Waals surface area (Å²) in [6, 6.07) is -0.209. The molecular weight excluding hydrogens is 264 g/mol. The first-order valence-corrected chi connectivity index (χ1v) is 5.05. The monoisotopic (exact) mass is 275 g/mol. The molecule has 1 atom stereocenters. The molecule has 19 heavy (non-hydrogen) atoms. The Morgan fingerprint density at radius 1 is 1.58 bits per heavy atom. The van der Waals surface area contributed by atoms with E-state index in [0.717, 1.165) is 0 Å². The third-order valence-corrected chi connectivity index (χ3v) is 2.16. The van der Waals surface area contributed by atoms with Gasteiger partial charge in [-0.1, -0.05) is 0 Å². The molecule has 9 heteroatoms. The highest BCUT2D eigenvalue weighted by Gasteiger charge is 2.24. The lowest BCUT2D eigenvalue weighted by molar-refractivity contribution is -0.384. The molecule has 0 radical (unpaired) electrons. The van der Waals surface area contributed by atoms with Crippen LogP contribution in [-0.2, 0) is 9.53 Å². The van der Waals surface area contributed by atoms with Crippen molar-refractivity contribution in [3.63, 3.8) is 0 Å². The number of nitro groups is 1. The van der Waals surface area contributed by atoms with Gasteiger partial charge in [-0.05, 0) is 0 Å². The number of anilines is 1. The highest BCUT2D eigenvalue weighted by atomic mass is 19.1. The summed E-state index contributed by atoms with van der Waals surface area (Å²) in [4.78, 5) is 21.2. The minimum absolute atomic E-state index is 0.150. The number of nitro benzene ring substituents is 1. The summed E-state index contributed by atoms with van der Waals surface area (Å²) in [6.45, 7) is -0.150. The molecule has 104 valence electrons. The number of rotatable bonds is 5. The fourth-order valence-electron chi connectivity index (χ4n) is 1.30. The van der Waals surface area contributed by atoms with Gasteiger partial charge in [0, 0.05) is 13.2 Å². The minimum atomic E-state index is -1.26. The molecule has 0 saturated carbocycles. The Bertz CT molecular complexity index is 510. The standard InChI is InChI=1S/C10H11F2N3O4/c1-19-4-7(13)10(16)14-9-6(12)2-5(11)3-8(9)15(17)18/h2-3,7H,4,13H2,1H3,(H,14,16). The maximum Gasteiger partial charge on any atom is 0.298 e. The number of ether oxygens (including phenoxy) is 1. The van der Waals surface area contributed by atoms with Crippen molar-refractivity contribution < 1.29 is 23.2 Å². The number of nitrogens with zero attached hydrogens (tertiary/aromatic N) is 1. The van der Waals surface area contributed by atoms with Crippen molar-refractivity contribution in [3.05, 3.63) is 33.9 Å². The summed E-state index contributed by atoms with van der Waals surface area (Å²) in [5.41, 5.74) is 3.75. The van der Waals surface area contributed by atoms with Crippen molar-refractivity contribution in [2.75, 3.05) is 19.0 Å². The highest BCUT2D eigenvalue weighted by molar-refractivity contribution is 5.96. The Balaban J connectivity index is 3.06. The van der Waals surface area contributed by atoms with Crippen molar-refractivity contribution in [1.82, 2.24) is 0 Å². The molecule has 0 aromatic heterocycles. The molecule has 1 aromatic carbocycles. The number of hydrogen-bond acceptors (Lipinski definition) is 5. The summed E-state index contributed by atoms with van der Waals surface area (Å²) in [7, 11) is 1.30. The van der Waals surface area contributed by atoms with Gasteiger partial charge < -0.3 is 15.8 Å². The van der Waals surface area contributed by atoms with Crippen LogP contribution in [0.15, 0.2) is 12.1 Å². The smallest absolute Gasteiger partial charge is 0.298 e. The van der Waals surface area contributed by atoms with Crippen LogP contribution >= 0.6 is 0 Å². The van der Waals surface area contributed by atoms with Gasteiger partial charge in [0.1, 0.15) is 11.9 Å².